The van der Waals surface area contributed by atoms with Crippen molar-refractivity contribution >= 4 is 6.09 Å². The number of rotatable bonds is 4. The summed E-state index contributed by atoms with van der Waals surface area (Å²) in [5, 5.41) is 0. The highest BCUT2D eigenvalue weighted by Gasteiger charge is 2.25. The van der Waals surface area contributed by atoms with Gasteiger partial charge in [0.1, 0.15) is 5.60 Å². The standard InChI is InChI=1S/C14H28N2O2/c1-5-6-7-8-15-9-11-16(12-10-15)13(17)18-14(2,3)4/h5-12H2,1-4H3. The van der Waals surface area contributed by atoms with E-state index < -0.39 is 5.60 Å². The topological polar surface area (TPSA) is 32.8 Å². The van der Waals surface area contributed by atoms with E-state index in [-0.39, 0.29) is 6.09 Å². The molecular weight excluding hydrogens is 228 g/mol. The first-order valence-electron chi connectivity index (χ1n) is 7.12. The van der Waals surface area contributed by atoms with Crippen LogP contribution in [0.15, 0.2) is 0 Å². The molecular formula is C14H28N2O2. The van der Waals surface area contributed by atoms with Crippen LogP contribution in [0.4, 0.5) is 4.79 Å². The second kappa shape index (κ2) is 6.98. The third kappa shape index (κ3) is 5.71. The highest BCUT2D eigenvalue weighted by atomic mass is 16.6. The van der Waals surface area contributed by atoms with E-state index in [1.54, 1.807) is 0 Å². The van der Waals surface area contributed by atoms with Crippen molar-refractivity contribution in [2.45, 2.75) is 52.6 Å². The summed E-state index contributed by atoms with van der Waals surface area (Å²) in [5.74, 6) is 0. The number of amides is 1. The van der Waals surface area contributed by atoms with Gasteiger partial charge in [0.05, 0.1) is 0 Å². The molecule has 1 aliphatic rings. The smallest absolute Gasteiger partial charge is 0.410 e. The summed E-state index contributed by atoms with van der Waals surface area (Å²) in [6, 6.07) is 0. The van der Waals surface area contributed by atoms with Gasteiger partial charge in [0.15, 0.2) is 0 Å². The van der Waals surface area contributed by atoms with E-state index in [0.717, 1.165) is 32.7 Å². The molecule has 0 atom stereocenters. The van der Waals surface area contributed by atoms with Crippen LogP contribution in [-0.2, 0) is 4.74 Å². The molecule has 4 nitrogen and oxygen atoms in total. The van der Waals surface area contributed by atoms with Crippen LogP contribution in [0.25, 0.3) is 0 Å². The van der Waals surface area contributed by atoms with Crippen molar-refractivity contribution in [2.75, 3.05) is 32.7 Å². The Bertz CT molecular complexity index is 253. The minimum Gasteiger partial charge on any atom is -0.444 e. The van der Waals surface area contributed by atoms with E-state index in [1.165, 1.54) is 19.3 Å². The monoisotopic (exact) mass is 256 g/mol. The first-order valence-corrected chi connectivity index (χ1v) is 7.12. The van der Waals surface area contributed by atoms with Gasteiger partial charge in [0.2, 0.25) is 0 Å². The molecule has 0 aromatic rings. The molecule has 106 valence electrons. The van der Waals surface area contributed by atoms with E-state index in [9.17, 15) is 4.79 Å². The van der Waals surface area contributed by atoms with Crippen LogP contribution in [0.1, 0.15) is 47.0 Å². The van der Waals surface area contributed by atoms with Crippen molar-refractivity contribution in [3.05, 3.63) is 0 Å². The summed E-state index contributed by atoms with van der Waals surface area (Å²) in [7, 11) is 0. The molecule has 4 heteroatoms. The Morgan fingerprint density at radius 1 is 1.11 bits per heavy atom. The number of hydrogen-bond donors (Lipinski definition) is 0. The van der Waals surface area contributed by atoms with Crippen LogP contribution >= 0.6 is 0 Å². The molecule has 1 fully saturated rings. The Morgan fingerprint density at radius 2 is 1.72 bits per heavy atom. The molecule has 0 bridgehead atoms. The molecule has 1 heterocycles. The third-order valence-electron chi connectivity index (χ3n) is 3.10. The maximum atomic E-state index is 11.9. The fourth-order valence-electron chi connectivity index (χ4n) is 2.07. The predicted octanol–water partition coefficient (Wildman–Crippen LogP) is 2.73. The van der Waals surface area contributed by atoms with Gasteiger partial charge in [0, 0.05) is 26.2 Å². The van der Waals surface area contributed by atoms with Crippen LogP contribution in [-0.4, -0.2) is 54.2 Å². The number of piperazine rings is 1. The number of carbonyl (C=O) groups excluding carboxylic acids is 1. The summed E-state index contributed by atoms with van der Waals surface area (Å²) < 4.78 is 5.38. The summed E-state index contributed by atoms with van der Waals surface area (Å²) in [4.78, 5) is 16.1. The van der Waals surface area contributed by atoms with E-state index in [0.29, 0.717) is 0 Å². The van der Waals surface area contributed by atoms with Gasteiger partial charge < -0.3 is 9.64 Å². The zero-order valence-corrected chi connectivity index (χ0v) is 12.4. The molecule has 1 rings (SSSR count). The fraction of sp³-hybridized carbons (Fsp3) is 0.929. The summed E-state index contributed by atoms with van der Waals surface area (Å²) in [5.41, 5.74) is -0.394. The van der Waals surface area contributed by atoms with Crippen molar-refractivity contribution in [1.82, 2.24) is 9.80 Å². The minimum atomic E-state index is -0.394. The van der Waals surface area contributed by atoms with Gasteiger partial charge in [-0.2, -0.15) is 0 Å². The van der Waals surface area contributed by atoms with Crippen LogP contribution in [0.2, 0.25) is 0 Å². The molecule has 0 unspecified atom stereocenters. The molecule has 0 aromatic heterocycles. The van der Waals surface area contributed by atoms with Gasteiger partial charge in [-0.15, -0.1) is 0 Å². The van der Waals surface area contributed by atoms with Crippen LogP contribution < -0.4 is 0 Å². The molecule has 0 saturated carbocycles. The summed E-state index contributed by atoms with van der Waals surface area (Å²) in [6.45, 7) is 12.6. The average Bonchev–Trinajstić information content (AvgIpc) is 2.28. The number of carbonyl (C=O) groups is 1. The SMILES string of the molecule is CCCCCN1CCN(C(=O)OC(C)(C)C)CC1. The minimum absolute atomic E-state index is 0.171. The van der Waals surface area contributed by atoms with E-state index in [4.69, 9.17) is 4.74 Å². The van der Waals surface area contributed by atoms with Crippen LogP contribution in [0.5, 0.6) is 0 Å². The molecule has 1 aliphatic heterocycles. The van der Waals surface area contributed by atoms with Crippen molar-refractivity contribution in [1.29, 1.82) is 0 Å². The Labute approximate surface area is 111 Å². The summed E-state index contributed by atoms with van der Waals surface area (Å²) in [6.07, 6.45) is 3.66. The van der Waals surface area contributed by atoms with Gasteiger partial charge >= 0.3 is 6.09 Å². The Morgan fingerprint density at radius 3 is 2.22 bits per heavy atom. The molecule has 0 N–H and O–H groups in total. The second-order valence-corrected chi connectivity index (χ2v) is 6.02. The second-order valence-electron chi connectivity index (χ2n) is 6.02. The zero-order valence-electron chi connectivity index (χ0n) is 12.4. The zero-order chi connectivity index (χ0) is 13.6. The van der Waals surface area contributed by atoms with E-state index >= 15 is 0 Å². The fourth-order valence-corrected chi connectivity index (χ4v) is 2.07. The molecule has 0 spiro atoms. The lowest BCUT2D eigenvalue weighted by Gasteiger charge is -2.35. The van der Waals surface area contributed by atoms with Gasteiger partial charge in [-0.25, -0.2) is 4.79 Å². The maximum absolute atomic E-state index is 11.9. The lowest BCUT2D eigenvalue weighted by atomic mass is 10.2. The lowest BCUT2D eigenvalue weighted by molar-refractivity contribution is 0.0144. The van der Waals surface area contributed by atoms with Gasteiger partial charge in [-0.3, -0.25) is 4.90 Å². The van der Waals surface area contributed by atoms with Gasteiger partial charge in [0.25, 0.3) is 0 Å². The van der Waals surface area contributed by atoms with Crippen molar-refractivity contribution in [2.24, 2.45) is 0 Å². The van der Waals surface area contributed by atoms with Gasteiger partial charge in [-0.1, -0.05) is 19.8 Å². The summed E-state index contributed by atoms with van der Waals surface area (Å²) >= 11 is 0. The number of unbranched alkanes of at least 4 members (excludes halogenated alkanes) is 2. The third-order valence-corrected chi connectivity index (χ3v) is 3.10. The molecule has 0 aromatic carbocycles. The van der Waals surface area contributed by atoms with Gasteiger partial charge in [-0.05, 0) is 33.7 Å². The van der Waals surface area contributed by atoms with Crippen LogP contribution in [0, 0.1) is 0 Å². The van der Waals surface area contributed by atoms with Crippen molar-refractivity contribution in [3.63, 3.8) is 0 Å². The Kier molecular flexibility index (Phi) is 5.93. The highest BCUT2D eigenvalue weighted by Crippen LogP contribution is 2.12. The molecule has 0 radical (unpaired) electrons. The molecule has 1 saturated heterocycles. The van der Waals surface area contributed by atoms with Crippen molar-refractivity contribution in [3.8, 4) is 0 Å². The number of nitrogens with zero attached hydrogens (tertiary/aromatic N) is 2. The maximum Gasteiger partial charge on any atom is 0.410 e. The Balaban J connectivity index is 2.24. The largest absolute Gasteiger partial charge is 0.444 e. The predicted molar refractivity (Wildman–Crippen MR) is 73.8 cm³/mol. The Hall–Kier alpha value is -0.770. The number of ether oxygens (including phenoxy) is 1. The van der Waals surface area contributed by atoms with Crippen molar-refractivity contribution < 1.29 is 9.53 Å². The normalized spacial score (nSPS) is 17.9. The quantitative estimate of drug-likeness (QED) is 0.725. The first-order chi connectivity index (χ1) is 8.42. The number of hydrogen-bond acceptors (Lipinski definition) is 3. The van der Waals surface area contributed by atoms with E-state index in [2.05, 4.69) is 11.8 Å². The molecule has 18 heavy (non-hydrogen) atoms. The highest BCUT2D eigenvalue weighted by molar-refractivity contribution is 5.68. The van der Waals surface area contributed by atoms with Crippen LogP contribution in [0.3, 0.4) is 0 Å². The lowest BCUT2D eigenvalue weighted by Crippen LogP contribution is -2.50. The average molecular weight is 256 g/mol. The molecule has 0 aliphatic carbocycles. The van der Waals surface area contributed by atoms with E-state index in [1.807, 2.05) is 25.7 Å². The molecule has 1 amide bonds. The first kappa shape index (κ1) is 15.3.